The minimum Gasteiger partial charge on any atom is -0.409 e. The highest BCUT2D eigenvalue weighted by atomic mass is 16.4. The molecule has 0 radical (unpaired) electrons. The van der Waals surface area contributed by atoms with E-state index in [4.69, 9.17) is 10.9 Å². The van der Waals surface area contributed by atoms with Crippen LogP contribution in [0, 0.1) is 5.92 Å². The monoisotopic (exact) mass is 233 g/mol. The Morgan fingerprint density at radius 2 is 2.00 bits per heavy atom. The van der Waals surface area contributed by atoms with Gasteiger partial charge >= 0.3 is 0 Å². The first-order chi connectivity index (χ1) is 8.20. The fourth-order valence-electron chi connectivity index (χ4n) is 1.70. The van der Waals surface area contributed by atoms with Crippen molar-refractivity contribution >= 4 is 17.4 Å². The summed E-state index contributed by atoms with van der Waals surface area (Å²) in [6.45, 7) is 0. The molecule has 1 aliphatic rings. The molecule has 1 fully saturated rings. The van der Waals surface area contributed by atoms with E-state index in [1.807, 2.05) is 0 Å². The smallest absolute Gasteiger partial charge is 0.227 e. The number of amides is 1. The van der Waals surface area contributed by atoms with Gasteiger partial charge in [-0.15, -0.1) is 0 Å². The van der Waals surface area contributed by atoms with Gasteiger partial charge in [0.2, 0.25) is 5.91 Å². The molecule has 90 valence electrons. The lowest BCUT2D eigenvalue weighted by Gasteiger charge is -2.24. The van der Waals surface area contributed by atoms with E-state index >= 15 is 0 Å². The first-order valence-electron chi connectivity index (χ1n) is 5.59. The number of hydrogen-bond acceptors (Lipinski definition) is 3. The van der Waals surface area contributed by atoms with Crippen molar-refractivity contribution in [1.82, 2.24) is 0 Å². The van der Waals surface area contributed by atoms with Gasteiger partial charge in [0, 0.05) is 17.2 Å². The zero-order chi connectivity index (χ0) is 12.3. The zero-order valence-electron chi connectivity index (χ0n) is 9.39. The summed E-state index contributed by atoms with van der Waals surface area (Å²) in [6.07, 6.45) is 3.10. The van der Waals surface area contributed by atoms with Gasteiger partial charge in [0.15, 0.2) is 5.84 Å². The lowest BCUT2D eigenvalue weighted by Crippen LogP contribution is -2.28. The standard InChI is InChI=1S/C12H15N3O2/c13-11(15-17)8-4-6-10(7-5-8)14-12(16)9-2-1-3-9/h4-7,9,17H,1-3H2,(H2,13,15)(H,14,16). The number of carbonyl (C=O) groups excluding carboxylic acids is 1. The highest BCUT2D eigenvalue weighted by Gasteiger charge is 2.24. The van der Waals surface area contributed by atoms with Crippen molar-refractivity contribution in [2.75, 3.05) is 5.32 Å². The number of rotatable bonds is 3. The molecule has 5 heteroatoms. The van der Waals surface area contributed by atoms with Gasteiger partial charge in [0.1, 0.15) is 0 Å². The topological polar surface area (TPSA) is 87.7 Å². The molecule has 1 amide bonds. The summed E-state index contributed by atoms with van der Waals surface area (Å²) in [6, 6.07) is 6.88. The number of carbonyl (C=O) groups is 1. The molecule has 2 rings (SSSR count). The van der Waals surface area contributed by atoms with Gasteiger partial charge in [-0.2, -0.15) is 0 Å². The average Bonchev–Trinajstić information content (AvgIpc) is 2.26. The summed E-state index contributed by atoms with van der Waals surface area (Å²) in [5, 5.41) is 14.3. The SMILES string of the molecule is N/C(=N/O)c1ccc(NC(=O)C2CCC2)cc1. The van der Waals surface area contributed by atoms with Crippen molar-refractivity contribution < 1.29 is 10.0 Å². The van der Waals surface area contributed by atoms with E-state index < -0.39 is 0 Å². The van der Waals surface area contributed by atoms with E-state index in [1.165, 1.54) is 0 Å². The Bertz CT molecular complexity index is 436. The molecular weight excluding hydrogens is 218 g/mol. The maximum absolute atomic E-state index is 11.7. The van der Waals surface area contributed by atoms with Gasteiger partial charge in [-0.1, -0.05) is 11.6 Å². The number of amidine groups is 1. The minimum absolute atomic E-state index is 0.0573. The van der Waals surface area contributed by atoms with Crippen molar-refractivity contribution in [3.8, 4) is 0 Å². The molecule has 1 aromatic carbocycles. The average molecular weight is 233 g/mol. The third kappa shape index (κ3) is 2.55. The molecule has 0 saturated heterocycles. The zero-order valence-corrected chi connectivity index (χ0v) is 9.39. The molecule has 0 unspecified atom stereocenters. The van der Waals surface area contributed by atoms with Gasteiger partial charge in [-0.25, -0.2) is 0 Å². The van der Waals surface area contributed by atoms with Crippen LogP contribution in [0.4, 0.5) is 5.69 Å². The lowest BCUT2D eigenvalue weighted by atomic mass is 9.85. The Hall–Kier alpha value is -2.04. The Labute approximate surface area is 99.3 Å². The van der Waals surface area contributed by atoms with Crippen LogP contribution in [0.1, 0.15) is 24.8 Å². The van der Waals surface area contributed by atoms with Crippen LogP contribution in [0.15, 0.2) is 29.4 Å². The van der Waals surface area contributed by atoms with Crippen LogP contribution in [0.2, 0.25) is 0 Å². The number of anilines is 1. The molecule has 0 heterocycles. The molecule has 0 bridgehead atoms. The maximum atomic E-state index is 11.7. The summed E-state index contributed by atoms with van der Waals surface area (Å²) >= 11 is 0. The Balaban J connectivity index is 2.00. The number of nitrogens with one attached hydrogen (secondary N) is 1. The number of nitrogens with two attached hydrogens (primary N) is 1. The van der Waals surface area contributed by atoms with E-state index in [1.54, 1.807) is 24.3 Å². The fourth-order valence-corrected chi connectivity index (χ4v) is 1.70. The van der Waals surface area contributed by atoms with Crippen molar-refractivity contribution in [2.45, 2.75) is 19.3 Å². The van der Waals surface area contributed by atoms with Crippen molar-refractivity contribution in [2.24, 2.45) is 16.8 Å². The highest BCUT2D eigenvalue weighted by molar-refractivity contribution is 5.98. The molecule has 0 spiro atoms. The van der Waals surface area contributed by atoms with Crippen molar-refractivity contribution in [3.63, 3.8) is 0 Å². The second-order valence-electron chi connectivity index (χ2n) is 4.18. The number of oxime groups is 1. The van der Waals surface area contributed by atoms with E-state index in [0.717, 1.165) is 24.9 Å². The van der Waals surface area contributed by atoms with E-state index in [0.29, 0.717) is 5.56 Å². The Morgan fingerprint density at radius 1 is 1.35 bits per heavy atom. The largest absolute Gasteiger partial charge is 0.409 e. The highest BCUT2D eigenvalue weighted by Crippen LogP contribution is 2.27. The van der Waals surface area contributed by atoms with E-state index in [-0.39, 0.29) is 17.7 Å². The number of nitrogens with zero attached hydrogens (tertiary/aromatic N) is 1. The van der Waals surface area contributed by atoms with Crippen molar-refractivity contribution in [1.29, 1.82) is 0 Å². The van der Waals surface area contributed by atoms with Crippen LogP contribution in [0.25, 0.3) is 0 Å². The molecule has 4 N–H and O–H groups in total. The van der Waals surface area contributed by atoms with Crippen LogP contribution in [0.3, 0.4) is 0 Å². The predicted molar refractivity (Wildman–Crippen MR) is 64.9 cm³/mol. The third-order valence-electron chi connectivity index (χ3n) is 3.03. The summed E-state index contributed by atoms with van der Waals surface area (Å²) in [5.41, 5.74) is 6.79. The molecule has 5 nitrogen and oxygen atoms in total. The first-order valence-corrected chi connectivity index (χ1v) is 5.59. The second kappa shape index (κ2) is 4.86. The molecule has 1 aliphatic carbocycles. The van der Waals surface area contributed by atoms with E-state index in [2.05, 4.69) is 10.5 Å². The van der Waals surface area contributed by atoms with E-state index in [9.17, 15) is 4.79 Å². The van der Waals surface area contributed by atoms with Crippen LogP contribution in [-0.4, -0.2) is 17.0 Å². The summed E-state index contributed by atoms with van der Waals surface area (Å²) in [7, 11) is 0. The molecular formula is C12H15N3O2. The van der Waals surface area contributed by atoms with Gasteiger partial charge in [-0.05, 0) is 37.1 Å². The van der Waals surface area contributed by atoms with Crippen LogP contribution in [-0.2, 0) is 4.79 Å². The van der Waals surface area contributed by atoms with Crippen LogP contribution < -0.4 is 11.1 Å². The predicted octanol–water partition coefficient (Wildman–Crippen LogP) is 1.52. The minimum atomic E-state index is 0.0573. The lowest BCUT2D eigenvalue weighted by molar-refractivity contribution is -0.122. The second-order valence-corrected chi connectivity index (χ2v) is 4.18. The van der Waals surface area contributed by atoms with Crippen LogP contribution in [0.5, 0.6) is 0 Å². The summed E-state index contributed by atoms with van der Waals surface area (Å²) in [4.78, 5) is 11.7. The normalized spacial score (nSPS) is 16.4. The molecule has 0 aromatic heterocycles. The molecule has 1 saturated carbocycles. The van der Waals surface area contributed by atoms with Gasteiger partial charge in [0.25, 0.3) is 0 Å². The van der Waals surface area contributed by atoms with Gasteiger partial charge in [-0.3, -0.25) is 4.79 Å². The molecule has 1 aromatic rings. The maximum Gasteiger partial charge on any atom is 0.227 e. The number of benzene rings is 1. The van der Waals surface area contributed by atoms with Crippen LogP contribution >= 0.6 is 0 Å². The van der Waals surface area contributed by atoms with Gasteiger partial charge < -0.3 is 16.3 Å². The molecule has 0 atom stereocenters. The Morgan fingerprint density at radius 3 is 2.47 bits per heavy atom. The first kappa shape index (κ1) is 11.4. The summed E-state index contributed by atoms with van der Waals surface area (Å²) in [5.74, 6) is 0.299. The Kier molecular flexibility index (Phi) is 3.27. The molecule has 0 aliphatic heterocycles. The quantitative estimate of drug-likeness (QED) is 0.320. The van der Waals surface area contributed by atoms with Gasteiger partial charge in [0.05, 0.1) is 0 Å². The summed E-state index contributed by atoms with van der Waals surface area (Å²) < 4.78 is 0. The number of hydrogen-bond donors (Lipinski definition) is 3. The van der Waals surface area contributed by atoms with Crippen molar-refractivity contribution in [3.05, 3.63) is 29.8 Å². The third-order valence-corrected chi connectivity index (χ3v) is 3.03. The fraction of sp³-hybridized carbons (Fsp3) is 0.333. The molecule has 17 heavy (non-hydrogen) atoms.